The van der Waals surface area contributed by atoms with Crippen LogP contribution in [-0.4, -0.2) is 47.9 Å². The first-order valence-electron chi connectivity index (χ1n) is 8.72. The number of hydrogen-bond acceptors (Lipinski definition) is 4. The van der Waals surface area contributed by atoms with Crippen LogP contribution in [0.4, 0.5) is 0 Å². The van der Waals surface area contributed by atoms with Crippen molar-refractivity contribution in [2.24, 2.45) is 5.16 Å². The Morgan fingerprint density at radius 1 is 1.23 bits per heavy atom. The minimum absolute atomic E-state index is 0.0882. The molecule has 3 rings (SSSR count). The Hall–Kier alpha value is -2.66. The van der Waals surface area contributed by atoms with Gasteiger partial charge >= 0.3 is 0 Å². The van der Waals surface area contributed by atoms with Crippen molar-refractivity contribution < 1.29 is 14.7 Å². The molecule has 0 bridgehead atoms. The Bertz CT molecular complexity index is 828. The van der Waals surface area contributed by atoms with Gasteiger partial charge in [-0.05, 0) is 48.2 Å². The highest BCUT2D eigenvalue weighted by molar-refractivity contribution is 6.00. The Morgan fingerprint density at radius 2 is 1.96 bits per heavy atom. The third-order valence-corrected chi connectivity index (χ3v) is 5.00. The first-order valence-corrected chi connectivity index (χ1v) is 8.72. The molecule has 136 valence electrons. The molecular formula is C21H24N2O3. The minimum atomic E-state index is -0.255. The van der Waals surface area contributed by atoms with Crippen molar-refractivity contribution in [3.05, 3.63) is 59.2 Å². The van der Waals surface area contributed by atoms with Gasteiger partial charge in [0, 0.05) is 12.0 Å². The number of aliphatic hydroxyl groups is 1. The summed E-state index contributed by atoms with van der Waals surface area (Å²) in [6.07, 6.45) is 0.538. The summed E-state index contributed by atoms with van der Waals surface area (Å²) < 4.78 is 0. The van der Waals surface area contributed by atoms with Gasteiger partial charge in [-0.15, -0.1) is 0 Å². The van der Waals surface area contributed by atoms with Gasteiger partial charge in [0.15, 0.2) is 0 Å². The highest BCUT2D eigenvalue weighted by atomic mass is 16.6. The van der Waals surface area contributed by atoms with Crippen molar-refractivity contribution in [1.82, 2.24) is 4.90 Å². The summed E-state index contributed by atoms with van der Waals surface area (Å²) in [7, 11) is 1.48. The normalized spacial score (nSPS) is 18.4. The van der Waals surface area contributed by atoms with Gasteiger partial charge in [-0.1, -0.05) is 35.5 Å². The van der Waals surface area contributed by atoms with Crippen molar-refractivity contribution in [3.63, 3.8) is 0 Å². The van der Waals surface area contributed by atoms with E-state index in [9.17, 15) is 9.90 Å². The van der Waals surface area contributed by atoms with Crippen molar-refractivity contribution in [3.8, 4) is 11.1 Å². The number of carbonyl (C=O) groups excluding carboxylic acids is 1. The number of aryl methyl sites for hydroxylation is 1. The number of benzene rings is 2. The molecule has 1 fully saturated rings. The Kier molecular flexibility index (Phi) is 5.38. The molecule has 1 atom stereocenters. The maximum Gasteiger partial charge on any atom is 0.254 e. The molecule has 5 heteroatoms. The summed E-state index contributed by atoms with van der Waals surface area (Å²) in [6, 6.07) is 13.6. The van der Waals surface area contributed by atoms with Gasteiger partial charge < -0.3 is 14.8 Å². The van der Waals surface area contributed by atoms with Crippen LogP contribution >= 0.6 is 0 Å². The molecule has 1 aliphatic rings. The Morgan fingerprint density at radius 3 is 2.62 bits per heavy atom. The molecule has 26 heavy (non-hydrogen) atoms. The van der Waals surface area contributed by atoms with Crippen LogP contribution in [0.15, 0.2) is 47.6 Å². The van der Waals surface area contributed by atoms with E-state index in [2.05, 4.69) is 31.1 Å². The average Bonchev–Trinajstić information content (AvgIpc) is 3.07. The molecule has 1 N–H and O–H groups in total. The highest BCUT2D eigenvalue weighted by Gasteiger charge is 2.33. The first kappa shape index (κ1) is 18.1. The van der Waals surface area contributed by atoms with Gasteiger partial charge in [-0.25, -0.2) is 0 Å². The van der Waals surface area contributed by atoms with Crippen molar-refractivity contribution in [2.45, 2.75) is 26.3 Å². The van der Waals surface area contributed by atoms with Crippen LogP contribution in [0.25, 0.3) is 11.1 Å². The van der Waals surface area contributed by atoms with Gasteiger partial charge in [0.25, 0.3) is 5.91 Å². The number of carbonyl (C=O) groups is 1. The topological polar surface area (TPSA) is 62.1 Å². The van der Waals surface area contributed by atoms with Crippen LogP contribution in [0.3, 0.4) is 0 Å². The fourth-order valence-corrected chi connectivity index (χ4v) is 3.39. The van der Waals surface area contributed by atoms with E-state index in [-0.39, 0.29) is 18.6 Å². The maximum atomic E-state index is 12.9. The van der Waals surface area contributed by atoms with Crippen molar-refractivity contribution >= 4 is 11.6 Å². The van der Waals surface area contributed by atoms with Crippen molar-refractivity contribution in [1.29, 1.82) is 0 Å². The number of likely N-dealkylation sites (tertiary alicyclic amines) is 1. The second-order valence-electron chi connectivity index (χ2n) is 6.64. The van der Waals surface area contributed by atoms with Crippen LogP contribution in [-0.2, 0) is 4.84 Å². The molecule has 1 aliphatic heterocycles. The molecule has 1 heterocycles. The third-order valence-electron chi connectivity index (χ3n) is 5.00. The van der Waals surface area contributed by atoms with Crippen molar-refractivity contribution in [2.75, 3.05) is 20.3 Å². The summed E-state index contributed by atoms with van der Waals surface area (Å²) in [5, 5.41) is 13.5. The fourth-order valence-electron chi connectivity index (χ4n) is 3.39. The van der Waals surface area contributed by atoms with Crippen LogP contribution in [0.1, 0.15) is 27.9 Å². The van der Waals surface area contributed by atoms with Crippen LogP contribution in [0.2, 0.25) is 0 Å². The lowest BCUT2D eigenvalue weighted by atomic mass is 9.96. The van der Waals surface area contributed by atoms with E-state index in [0.717, 1.165) is 11.3 Å². The van der Waals surface area contributed by atoms with E-state index < -0.39 is 0 Å². The van der Waals surface area contributed by atoms with Gasteiger partial charge in [0.2, 0.25) is 0 Å². The van der Waals surface area contributed by atoms with Gasteiger partial charge in [0.1, 0.15) is 7.11 Å². The Labute approximate surface area is 153 Å². The summed E-state index contributed by atoms with van der Waals surface area (Å²) in [5.74, 6) is -0.0992. The van der Waals surface area contributed by atoms with Crippen LogP contribution < -0.4 is 0 Å². The quantitative estimate of drug-likeness (QED) is 0.860. The van der Waals surface area contributed by atoms with E-state index in [1.165, 1.54) is 23.8 Å². The second kappa shape index (κ2) is 7.70. The van der Waals surface area contributed by atoms with E-state index in [4.69, 9.17) is 4.84 Å². The lowest BCUT2D eigenvalue weighted by Crippen LogP contribution is -2.37. The molecular weight excluding hydrogens is 328 g/mol. The number of nitrogens with zero attached hydrogens (tertiary/aromatic N) is 2. The van der Waals surface area contributed by atoms with E-state index in [1.807, 2.05) is 30.3 Å². The zero-order valence-electron chi connectivity index (χ0n) is 15.4. The monoisotopic (exact) mass is 352 g/mol. The van der Waals surface area contributed by atoms with E-state index >= 15 is 0 Å². The number of amides is 1. The third kappa shape index (κ3) is 3.48. The molecule has 1 saturated heterocycles. The molecule has 5 nitrogen and oxygen atoms in total. The molecule has 0 aromatic heterocycles. The van der Waals surface area contributed by atoms with Crippen LogP contribution in [0.5, 0.6) is 0 Å². The molecule has 0 aliphatic carbocycles. The standard InChI is InChI=1S/C21H24N2O3/c1-14-5-4-6-20(15(14)2)16-7-9-17(10-8-16)21(25)23-12-18(22-26-3)11-19(23)13-24/h4-10,19,24H,11-13H2,1-3H3/b22-18+/t19-/m0/s1. The lowest BCUT2D eigenvalue weighted by Gasteiger charge is -2.22. The van der Waals surface area contributed by atoms with Crippen LogP contribution in [0, 0.1) is 13.8 Å². The summed E-state index contributed by atoms with van der Waals surface area (Å²) in [6.45, 7) is 4.50. The highest BCUT2D eigenvalue weighted by Crippen LogP contribution is 2.26. The van der Waals surface area contributed by atoms with Gasteiger partial charge in [-0.2, -0.15) is 0 Å². The number of hydrogen-bond donors (Lipinski definition) is 1. The van der Waals surface area contributed by atoms with E-state index in [1.54, 1.807) is 4.90 Å². The number of rotatable bonds is 4. The zero-order valence-corrected chi connectivity index (χ0v) is 15.4. The van der Waals surface area contributed by atoms with Gasteiger partial charge in [0.05, 0.1) is 24.9 Å². The lowest BCUT2D eigenvalue weighted by molar-refractivity contribution is 0.0680. The molecule has 0 unspecified atom stereocenters. The molecule has 2 aromatic rings. The number of oxime groups is 1. The predicted molar refractivity (Wildman–Crippen MR) is 102 cm³/mol. The van der Waals surface area contributed by atoms with E-state index in [0.29, 0.717) is 18.5 Å². The average molecular weight is 352 g/mol. The smallest absolute Gasteiger partial charge is 0.254 e. The minimum Gasteiger partial charge on any atom is -0.399 e. The summed E-state index contributed by atoms with van der Waals surface area (Å²) in [4.78, 5) is 19.3. The zero-order chi connectivity index (χ0) is 18.7. The maximum absolute atomic E-state index is 12.9. The summed E-state index contributed by atoms with van der Waals surface area (Å²) in [5.41, 5.74) is 6.13. The largest absolute Gasteiger partial charge is 0.399 e. The fraction of sp³-hybridized carbons (Fsp3) is 0.333. The molecule has 0 spiro atoms. The molecule has 0 saturated carbocycles. The molecule has 0 radical (unpaired) electrons. The first-order chi connectivity index (χ1) is 12.5. The second-order valence-corrected chi connectivity index (χ2v) is 6.64. The molecule has 1 amide bonds. The van der Waals surface area contributed by atoms with Gasteiger partial charge in [-0.3, -0.25) is 4.79 Å². The molecule has 2 aromatic carbocycles. The Balaban J connectivity index is 1.83. The predicted octanol–water partition coefficient (Wildman–Crippen LogP) is 3.18. The SMILES string of the molecule is CO/N=C1\C[C@@H](CO)N(C(=O)c2ccc(-c3cccc(C)c3C)cc2)C1. The number of aliphatic hydroxyl groups excluding tert-OH is 1. The summed E-state index contributed by atoms with van der Waals surface area (Å²) >= 11 is 0.